The maximum atomic E-state index is 2.47. The van der Waals surface area contributed by atoms with Gasteiger partial charge in [0.15, 0.2) is 0 Å². The molecule has 0 saturated heterocycles. The number of anilines is 3. The predicted octanol–water partition coefficient (Wildman–Crippen LogP) is 12.7. The Morgan fingerprint density at radius 3 is 1.91 bits per heavy atom. The molecule has 9 aromatic rings. The SMILES string of the molecule is c1ccc(-c2ccccc2N(c2ccc3c(ccc4c5ccccc5ccc34)c2)c2cccc3sc4ccccc4c23)cc1. The average Bonchev–Trinajstić information content (AvgIpc) is 3.48. The van der Waals surface area contributed by atoms with Crippen LogP contribution >= 0.6 is 11.3 Å². The molecule has 0 N–H and O–H groups in total. The Bertz CT molecular complexity index is 2510. The van der Waals surface area contributed by atoms with Gasteiger partial charge in [0.25, 0.3) is 0 Å². The highest BCUT2D eigenvalue weighted by molar-refractivity contribution is 7.26. The third-order valence-corrected chi connectivity index (χ3v) is 9.97. The molecule has 1 nitrogen and oxygen atoms in total. The molecular weight excluding hydrogens is 551 g/mol. The van der Waals surface area contributed by atoms with Crippen LogP contribution in [-0.2, 0) is 0 Å². The largest absolute Gasteiger partial charge is 0.309 e. The van der Waals surface area contributed by atoms with E-state index in [1.54, 1.807) is 0 Å². The van der Waals surface area contributed by atoms with E-state index in [9.17, 15) is 0 Å². The molecule has 9 rings (SSSR count). The summed E-state index contributed by atoms with van der Waals surface area (Å²) in [6.45, 7) is 0. The molecule has 0 bridgehead atoms. The lowest BCUT2D eigenvalue weighted by Gasteiger charge is -2.29. The average molecular weight is 578 g/mol. The quantitative estimate of drug-likeness (QED) is 0.188. The molecule has 0 amide bonds. The molecular formula is C42H27NS. The van der Waals surface area contributed by atoms with Gasteiger partial charge in [-0.05, 0) is 74.3 Å². The van der Waals surface area contributed by atoms with Crippen LogP contribution in [0.5, 0.6) is 0 Å². The number of benzene rings is 8. The zero-order valence-electron chi connectivity index (χ0n) is 23.9. The maximum Gasteiger partial charge on any atom is 0.0555 e. The van der Waals surface area contributed by atoms with Gasteiger partial charge in [-0.3, -0.25) is 0 Å². The first-order chi connectivity index (χ1) is 21.8. The topological polar surface area (TPSA) is 3.24 Å². The molecule has 0 aliphatic carbocycles. The van der Waals surface area contributed by atoms with Crippen LogP contribution in [0.3, 0.4) is 0 Å². The lowest BCUT2D eigenvalue weighted by molar-refractivity contribution is 1.31. The zero-order chi connectivity index (χ0) is 29.0. The fourth-order valence-corrected chi connectivity index (χ4v) is 7.96. The summed E-state index contributed by atoms with van der Waals surface area (Å²) < 4.78 is 2.60. The van der Waals surface area contributed by atoms with Gasteiger partial charge in [-0.15, -0.1) is 11.3 Å². The van der Waals surface area contributed by atoms with Crippen molar-refractivity contribution in [3.63, 3.8) is 0 Å². The van der Waals surface area contributed by atoms with Crippen LogP contribution in [0.4, 0.5) is 17.1 Å². The van der Waals surface area contributed by atoms with Crippen LogP contribution in [0.2, 0.25) is 0 Å². The van der Waals surface area contributed by atoms with Crippen molar-refractivity contribution in [2.45, 2.75) is 0 Å². The van der Waals surface area contributed by atoms with Crippen LogP contribution in [0.25, 0.3) is 63.6 Å². The first-order valence-corrected chi connectivity index (χ1v) is 15.8. The predicted molar refractivity (Wildman–Crippen MR) is 192 cm³/mol. The molecule has 0 spiro atoms. The Morgan fingerprint density at radius 2 is 1.02 bits per heavy atom. The van der Waals surface area contributed by atoms with Crippen molar-refractivity contribution in [1.29, 1.82) is 0 Å². The summed E-state index contributed by atoms with van der Waals surface area (Å²) in [7, 11) is 0. The van der Waals surface area contributed by atoms with Crippen molar-refractivity contribution in [1.82, 2.24) is 0 Å². The molecule has 0 saturated carbocycles. The molecule has 1 heterocycles. The van der Waals surface area contributed by atoms with Crippen LogP contribution in [-0.4, -0.2) is 0 Å². The highest BCUT2D eigenvalue weighted by atomic mass is 32.1. The minimum Gasteiger partial charge on any atom is -0.309 e. The highest BCUT2D eigenvalue weighted by Crippen LogP contribution is 2.47. The molecule has 0 unspecified atom stereocenters. The van der Waals surface area contributed by atoms with Crippen molar-refractivity contribution >= 4 is 80.9 Å². The van der Waals surface area contributed by atoms with Crippen molar-refractivity contribution in [3.05, 3.63) is 164 Å². The van der Waals surface area contributed by atoms with Crippen LogP contribution in [0, 0.1) is 0 Å². The molecule has 8 aromatic carbocycles. The van der Waals surface area contributed by atoms with E-state index in [0.29, 0.717) is 0 Å². The Kier molecular flexibility index (Phi) is 5.75. The Morgan fingerprint density at radius 1 is 0.386 bits per heavy atom. The number of hydrogen-bond donors (Lipinski definition) is 0. The van der Waals surface area contributed by atoms with E-state index in [4.69, 9.17) is 0 Å². The minimum absolute atomic E-state index is 1.14. The van der Waals surface area contributed by atoms with Gasteiger partial charge in [0.2, 0.25) is 0 Å². The van der Waals surface area contributed by atoms with Crippen molar-refractivity contribution < 1.29 is 0 Å². The fraction of sp³-hybridized carbons (Fsp3) is 0. The van der Waals surface area contributed by atoms with E-state index in [2.05, 4.69) is 169 Å². The van der Waals surface area contributed by atoms with Gasteiger partial charge in [0.1, 0.15) is 0 Å². The Balaban J connectivity index is 1.33. The maximum absolute atomic E-state index is 2.47. The van der Waals surface area contributed by atoms with E-state index in [0.717, 1.165) is 11.4 Å². The number of thiophene rings is 1. The lowest BCUT2D eigenvalue weighted by Crippen LogP contribution is -2.11. The van der Waals surface area contributed by atoms with Gasteiger partial charge in [-0.2, -0.15) is 0 Å². The summed E-state index contributed by atoms with van der Waals surface area (Å²) in [5.74, 6) is 0. The molecule has 0 aliphatic heterocycles. The summed E-state index contributed by atoms with van der Waals surface area (Å²) in [6.07, 6.45) is 0. The third kappa shape index (κ3) is 3.92. The van der Waals surface area contributed by atoms with Crippen molar-refractivity contribution in [3.8, 4) is 11.1 Å². The Labute approximate surface area is 259 Å². The molecule has 0 fully saturated rings. The molecule has 206 valence electrons. The van der Waals surface area contributed by atoms with E-state index < -0.39 is 0 Å². The third-order valence-electron chi connectivity index (χ3n) is 8.83. The summed E-state index contributed by atoms with van der Waals surface area (Å²) in [4.78, 5) is 2.47. The van der Waals surface area contributed by atoms with Gasteiger partial charge < -0.3 is 4.90 Å². The van der Waals surface area contributed by atoms with Crippen LogP contribution < -0.4 is 4.90 Å². The monoisotopic (exact) mass is 577 g/mol. The molecule has 0 aliphatic rings. The highest BCUT2D eigenvalue weighted by Gasteiger charge is 2.21. The smallest absolute Gasteiger partial charge is 0.0555 e. The number of para-hydroxylation sites is 1. The second-order valence-corrected chi connectivity index (χ2v) is 12.4. The van der Waals surface area contributed by atoms with E-state index >= 15 is 0 Å². The second-order valence-electron chi connectivity index (χ2n) is 11.3. The number of rotatable bonds is 4. The summed E-state index contributed by atoms with van der Waals surface area (Å²) in [5.41, 5.74) is 5.90. The Hall–Kier alpha value is -5.44. The van der Waals surface area contributed by atoms with Gasteiger partial charge in [0.05, 0.1) is 11.4 Å². The zero-order valence-corrected chi connectivity index (χ0v) is 24.8. The number of nitrogens with zero attached hydrogens (tertiary/aromatic N) is 1. The molecule has 0 radical (unpaired) electrons. The van der Waals surface area contributed by atoms with Crippen molar-refractivity contribution in [2.75, 3.05) is 4.90 Å². The molecule has 2 heteroatoms. The van der Waals surface area contributed by atoms with Gasteiger partial charge >= 0.3 is 0 Å². The normalized spacial score (nSPS) is 11.6. The van der Waals surface area contributed by atoms with Crippen LogP contribution in [0.1, 0.15) is 0 Å². The van der Waals surface area contributed by atoms with E-state index in [-0.39, 0.29) is 0 Å². The lowest BCUT2D eigenvalue weighted by atomic mass is 9.96. The summed E-state index contributed by atoms with van der Waals surface area (Å²) >= 11 is 1.86. The van der Waals surface area contributed by atoms with Gasteiger partial charge in [-0.1, -0.05) is 127 Å². The minimum atomic E-state index is 1.14. The van der Waals surface area contributed by atoms with E-state index in [1.165, 1.54) is 69.3 Å². The summed E-state index contributed by atoms with van der Waals surface area (Å²) in [6, 6.07) is 59.8. The van der Waals surface area contributed by atoms with E-state index in [1.807, 2.05) is 11.3 Å². The first kappa shape index (κ1) is 25.1. The molecule has 44 heavy (non-hydrogen) atoms. The standard InChI is InChI=1S/C42H27NS/c1-2-11-28(12-3-1)34-15-6-8-17-38(34)43(39-18-10-20-41-42(39)37-16-7-9-19-40(37)44-41)31-23-26-33-30(27-31)22-25-35-32-14-5-4-13-29(32)21-24-36(33)35/h1-27H. The van der Waals surface area contributed by atoms with Crippen LogP contribution in [0.15, 0.2) is 164 Å². The first-order valence-electron chi connectivity index (χ1n) is 15.0. The second kappa shape index (κ2) is 10.1. The number of fused-ring (bicyclic) bond motifs is 8. The number of hydrogen-bond acceptors (Lipinski definition) is 2. The summed E-state index contributed by atoms with van der Waals surface area (Å²) in [5, 5.41) is 10.2. The van der Waals surface area contributed by atoms with Crippen molar-refractivity contribution in [2.24, 2.45) is 0 Å². The van der Waals surface area contributed by atoms with Gasteiger partial charge in [0, 0.05) is 31.4 Å². The molecule has 0 atom stereocenters. The van der Waals surface area contributed by atoms with Gasteiger partial charge in [-0.25, -0.2) is 0 Å². The fourth-order valence-electron chi connectivity index (χ4n) is 6.84. The molecule has 1 aromatic heterocycles.